The van der Waals surface area contributed by atoms with E-state index in [4.69, 9.17) is 5.11 Å². The molecule has 1 saturated heterocycles. The van der Waals surface area contributed by atoms with Crippen molar-refractivity contribution in [1.82, 2.24) is 15.1 Å². The zero-order valence-electron chi connectivity index (χ0n) is 15.7. The average molecular weight is 377 g/mol. The molecule has 1 fully saturated rings. The second-order valence-electron chi connectivity index (χ2n) is 7.18. The minimum Gasteiger partial charge on any atom is -0.479 e. The predicted octanol–water partition coefficient (Wildman–Crippen LogP) is 0.902. The quantitative estimate of drug-likeness (QED) is 0.682. The highest BCUT2D eigenvalue weighted by molar-refractivity contribution is 5.82. The maximum absolute atomic E-state index is 12.6. The van der Waals surface area contributed by atoms with Gasteiger partial charge < -0.3 is 25.3 Å². The van der Waals surface area contributed by atoms with Crippen LogP contribution in [0.15, 0.2) is 30.3 Å². The van der Waals surface area contributed by atoms with Gasteiger partial charge in [0.2, 0.25) is 5.91 Å². The Balaban J connectivity index is 1.79. The molecule has 1 atom stereocenters. The summed E-state index contributed by atoms with van der Waals surface area (Å²) in [4.78, 5) is 39.0. The monoisotopic (exact) mass is 377 g/mol. The number of carbonyl (C=O) groups is 3. The number of urea groups is 1. The Labute approximate surface area is 158 Å². The number of amides is 3. The summed E-state index contributed by atoms with van der Waals surface area (Å²) in [5.41, 5.74) is -0.944. The maximum atomic E-state index is 12.6. The first kappa shape index (κ1) is 20.7. The normalized spacial score (nSPS) is 17.1. The zero-order valence-corrected chi connectivity index (χ0v) is 15.7. The van der Waals surface area contributed by atoms with Crippen LogP contribution in [-0.4, -0.2) is 70.2 Å². The van der Waals surface area contributed by atoms with Gasteiger partial charge in [0.1, 0.15) is 0 Å². The van der Waals surface area contributed by atoms with E-state index in [1.165, 1.54) is 0 Å². The molecule has 1 unspecified atom stereocenters. The molecule has 3 amide bonds. The van der Waals surface area contributed by atoms with E-state index in [0.717, 1.165) is 12.5 Å². The molecule has 27 heavy (non-hydrogen) atoms. The summed E-state index contributed by atoms with van der Waals surface area (Å²) in [5, 5.41) is 21.0. The van der Waals surface area contributed by atoms with E-state index in [0.29, 0.717) is 32.5 Å². The number of rotatable bonds is 6. The van der Waals surface area contributed by atoms with Crippen molar-refractivity contribution in [3.63, 3.8) is 0 Å². The molecule has 1 aromatic carbocycles. The molecule has 0 spiro atoms. The van der Waals surface area contributed by atoms with E-state index in [-0.39, 0.29) is 24.4 Å². The third-order valence-corrected chi connectivity index (χ3v) is 4.79. The fourth-order valence-corrected chi connectivity index (χ4v) is 2.98. The number of hydrogen-bond donors (Lipinski definition) is 3. The third kappa shape index (κ3) is 5.68. The lowest BCUT2D eigenvalue weighted by molar-refractivity contribution is -0.156. The van der Waals surface area contributed by atoms with Crippen molar-refractivity contribution >= 4 is 17.9 Å². The Kier molecular flexibility index (Phi) is 6.79. The minimum absolute atomic E-state index is 0.0773. The molecule has 8 heteroatoms. The van der Waals surface area contributed by atoms with E-state index >= 15 is 0 Å². The number of carbonyl (C=O) groups excluding carboxylic acids is 2. The van der Waals surface area contributed by atoms with Crippen molar-refractivity contribution in [2.75, 3.05) is 26.7 Å². The number of benzene rings is 1. The summed E-state index contributed by atoms with van der Waals surface area (Å²) in [5.74, 6) is -1.97. The van der Waals surface area contributed by atoms with Gasteiger partial charge >= 0.3 is 12.0 Å². The molecule has 0 aromatic heterocycles. The van der Waals surface area contributed by atoms with Crippen LogP contribution in [0.2, 0.25) is 0 Å². The lowest BCUT2D eigenvalue weighted by Gasteiger charge is -2.34. The summed E-state index contributed by atoms with van der Waals surface area (Å²) >= 11 is 0. The Bertz CT molecular complexity index is 669. The number of piperidine rings is 1. The topological polar surface area (TPSA) is 110 Å². The van der Waals surface area contributed by atoms with Gasteiger partial charge in [-0.05, 0) is 25.3 Å². The highest BCUT2D eigenvalue weighted by atomic mass is 16.4. The molecule has 1 aliphatic heterocycles. The van der Waals surface area contributed by atoms with Crippen LogP contribution < -0.4 is 5.32 Å². The van der Waals surface area contributed by atoms with Gasteiger partial charge in [0.15, 0.2) is 5.60 Å². The molecular formula is C19H27N3O5. The molecule has 0 bridgehead atoms. The van der Waals surface area contributed by atoms with Gasteiger partial charge in [-0.3, -0.25) is 4.79 Å². The van der Waals surface area contributed by atoms with E-state index in [1.807, 2.05) is 30.3 Å². The lowest BCUT2D eigenvalue weighted by atomic mass is 9.95. The maximum Gasteiger partial charge on any atom is 0.337 e. The largest absolute Gasteiger partial charge is 0.479 e. The van der Waals surface area contributed by atoms with Crippen molar-refractivity contribution in [2.45, 2.75) is 31.9 Å². The number of carboxylic acids is 1. The SMILES string of the molecule is CN(Cc1ccccc1)C(=O)N1CCC(C(=O)NCC(C)(O)C(=O)O)CC1. The first-order valence-corrected chi connectivity index (χ1v) is 8.98. The number of carboxylic acid groups (broad SMARTS) is 1. The zero-order chi connectivity index (χ0) is 20.0. The van der Waals surface area contributed by atoms with E-state index in [1.54, 1.807) is 16.8 Å². The van der Waals surface area contributed by atoms with Gasteiger partial charge in [-0.1, -0.05) is 30.3 Å². The van der Waals surface area contributed by atoms with Gasteiger partial charge in [0.25, 0.3) is 0 Å². The highest BCUT2D eigenvalue weighted by Gasteiger charge is 2.33. The number of nitrogens with zero attached hydrogens (tertiary/aromatic N) is 2. The van der Waals surface area contributed by atoms with Crippen LogP contribution >= 0.6 is 0 Å². The van der Waals surface area contributed by atoms with Crippen LogP contribution in [0.4, 0.5) is 4.79 Å². The number of aliphatic carboxylic acids is 1. The van der Waals surface area contributed by atoms with Crippen molar-refractivity contribution in [2.24, 2.45) is 5.92 Å². The van der Waals surface area contributed by atoms with Crippen molar-refractivity contribution < 1.29 is 24.6 Å². The van der Waals surface area contributed by atoms with E-state index < -0.39 is 11.6 Å². The molecule has 0 radical (unpaired) electrons. The molecule has 0 aliphatic carbocycles. The minimum atomic E-state index is -1.99. The van der Waals surface area contributed by atoms with Crippen molar-refractivity contribution in [3.8, 4) is 0 Å². The molecule has 148 valence electrons. The Hall–Kier alpha value is -2.61. The standard InChI is InChI=1S/C19H27N3O5/c1-19(27,17(24)25)13-20-16(23)15-8-10-22(11-9-15)18(26)21(2)12-14-6-4-3-5-7-14/h3-7,15,27H,8-13H2,1-2H3,(H,20,23)(H,24,25). The number of likely N-dealkylation sites (tertiary alicyclic amines) is 1. The van der Waals surface area contributed by atoms with Crippen LogP contribution in [0.3, 0.4) is 0 Å². The first-order chi connectivity index (χ1) is 12.7. The van der Waals surface area contributed by atoms with Gasteiger partial charge in [-0.25, -0.2) is 9.59 Å². The molecule has 1 aromatic rings. The number of aliphatic hydroxyl groups is 1. The van der Waals surface area contributed by atoms with E-state index in [9.17, 15) is 19.5 Å². The van der Waals surface area contributed by atoms with Gasteiger partial charge in [-0.15, -0.1) is 0 Å². The molecule has 3 N–H and O–H groups in total. The fourth-order valence-electron chi connectivity index (χ4n) is 2.98. The van der Waals surface area contributed by atoms with Gasteiger partial charge in [0, 0.05) is 32.6 Å². The van der Waals surface area contributed by atoms with Crippen LogP contribution in [0.5, 0.6) is 0 Å². The van der Waals surface area contributed by atoms with Crippen molar-refractivity contribution in [1.29, 1.82) is 0 Å². The molecule has 2 rings (SSSR count). The summed E-state index contributed by atoms with van der Waals surface area (Å²) in [6, 6.07) is 9.64. The first-order valence-electron chi connectivity index (χ1n) is 8.98. The van der Waals surface area contributed by atoms with E-state index in [2.05, 4.69) is 5.32 Å². The summed E-state index contributed by atoms with van der Waals surface area (Å²) in [6.45, 7) is 2.24. The third-order valence-electron chi connectivity index (χ3n) is 4.79. The van der Waals surface area contributed by atoms with Crippen molar-refractivity contribution in [3.05, 3.63) is 35.9 Å². The summed E-state index contributed by atoms with van der Waals surface area (Å²) in [7, 11) is 1.75. The van der Waals surface area contributed by atoms with Gasteiger partial charge in [-0.2, -0.15) is 0 Å². The second kappa shape index (κ2) is 8.85. The van der Waals surface area contributed by atoms with Crippen LogP contribution in [-0.2, 0) is 16.1 Å². The summed E-state index contributed by atoms with van der Waals surface area (Å²) in [6.07, 6.45) is 1.01. The highest BCUT2D eigenvalue weighted by Crippen LogP contribution is 2.19. The van der Waals surface area contributed by atoms with Crippen LogP contribution in [0.1, 0.15) is 25.3 Å². The Morgan fingerprint density at radius 3 is 2.37 bits per heavy atom. The Morgan fingerprint density at radius 1 is 1.22 bits per heavy atom. The molecule has 1 aliphatic rings. The van der Waals surface area contributed by atoms with Gasteiger partial charge in [0.05, 0.1) is 6.54 Å². The van der Waals surface area contributed by atoms with Crippen LogP contribution in [0.25, 0.3) is 0 Å². The predicted molar refractivity (Wildman–Crippen MR) is 98.9 cm³/mol. The fraction of sp³-hybridized carbons (Fsp3) is 0.526. The van der Waals surface area contributed by atoms with Crippen LogP contribution in [0, 0.1) is 5.92 Å². The lowest BCUT2D eigenvalue weighted by Crippen LogP contribution is -2.50. The number of nitrogens with one attached hydrogen (secondary N) is 1. The molecule has 1 heterocycles. The molecule has 0 saturated carbocycles. The molecule has 8 nitrogen and oxygen atoms in total. The second-order valence-corrected chi connectivity index (χ2v) is 7.18. The average Bonchev–Trinajstić information content (AvgIpc) is 2.66. The molecular weight excluding hydrogens is 350 g/mol. The smallest absolute Gasteiger partial charge is 0.337 e. The Morgan fingerprint density at radius 2 is 1.81 bits per heavy atom. The summed E-state index contributed by atoms with van der Waals surface area (Å²) < 4.78 is 0. The number of hydrogen-bond acceptors (Lipinski definition) is 4.